The summed E-state index contributed by atoms with van der Waals surface area (Å²) in [7, 11) is 0. The first kappa shape index (κ1) is 18.5. The summed E-state index contributed by atoms with van der Waals surface area (Å²) < 4.78 is 5.43. The number of ether oxygens (including phenoxy) is 1. The highest BCUT2D eigenvalue weighted by molar-refractivity contribution is 6.33. The second kappa shape index (κ2) is 8.87. The predicted octanol–water partition coefficient (Wildman–Crippen LogP) is 3.85. The van der Waals surface area contributed by atoms with E-state index in [1.54, 1.807) is 36.4 Å². The number of benzene rings is 3. The fourth-order valence-corrected chi connectivity index (χ4v) is 2.62. The van der Waals surface area contributed by atoms with E-state index in [0.717, 1.165) is 11.1 Å². The van der Waals surface area contributed by atoms with Crippen LogP contribution in [0.25, 0.3) is 11.1 Å². The van der Waals surface area contributed by atoms with E-state index in [1.807, 2.05) is 42.5 Å². The summed E-state index contributed by atoms with van der Waals surface area (Å²) >= 11 is 5.93. The molecule has 0 aromatic heterocycles. The van der Waals surface area contributed by atoms with Gasteiger partial charge in [0.15, 0.2) is 6.61 Å². The van der Waals surface area contributed by atoms with Gasteiger partial charge in [0.25, 0.3) is 11.8 Å². The lowest BCUT2D eigenvalue weighted by molar-refractivity contribution is -0.123. The summed E-state index contributed by atoms with van der Waals surface area (Å²) in [5.41, 5.74) is 7.03. The quantitative estimate of drug-likeness (QED) is 0.661. The Bertz CT molecular complexity index is 928. The molecular weight excluding hydrogens is 364 g/mol. The molecule has 0 fully saturated rings. The van der Waals surface area contributed by atoms with Crippen LogP contribution in [0.1, 0.15) is 10.4 Å². The highest BCUT2D eigenvalue weighted by Gasteiger charge is 2.10. The topological polar surface area (TPSA) is 67.4 Å². The van der Waals surface area contributed by atoms with E-state index in [0.29, 0.717) is 10.8 Å². The molecule has 0 bridgehead atoms. The Kier molecular flexibility index (Phi) is 6.07. The second-order valence-electron chi connectivity index (χ2n) is 5.66. The Hall–Kier alpha value is -3.31. The lowest BCUT2D eigenvalue weighted by Crippen LogP contribution is -2.43. The Morgan fingerprint density at radius 2 is 1.41 bits per heavy atom. The van der Waals surface area contributed by atoms with E-state index in [9.17, 15) is 9.59 Å². The lowest BCUT2D eigenvalue weighted by atomic mass is 10.1. The van der Waals surface area contributed by atoms with Crippen molar-refractivity contribution >= 4 is 23.4 Å². The Balaban J connectivity index is 1.48. The van der Waals surface area contributed by atoms with Gasteiger partial charge in [-0.2, -0.15) is 0 Å². The zero-order valence-electron chi connectivity index (χ0n) is 14.3. The highest BCUT2D eigenvalue weighted by atomic mass is 35.5. The molecule has 0 spiro atoms. The van der Waals surface area contributed by atoms with Crippen LogP contribution in [0.5, 0.6) is 5.75 Å². The first-order valence-electron chi connectivity index (χ1n) is 8.25. The maximum absolute atomic E-state index is 12.0. The van der Waals surface area contributed by atoms with Crippen LogP contribution in [-0.4, -0.2) is 18.4 Å². The van der Waals surface area contributed by atoms with Crippen LogP contribution in [0.15, 0.2) is 78.9 Å². The number of rotatable bonds is 5. The average Bonchev–Trinajstić information content (AvgIpc) is 2.72. The molecule has 0 saturated heterocycles. The lowest BCUT2D eigenvalue weighted by Gasteiger charge is -2.10. The van der Waals surface area contributed by atoms with Crippen LogP contribution in [0, 0.1) is 0 Å². The van der Waals surface area contributed by atoms with Gasteiger partial charge in [0.05, 0.1) is 10.6 Å². The molecule has 136 valence electrons. The predicted molar refractivity (Wildman–Crippen MR) is 104 cm³/mol. The third kappa shape index (κ3) is 5.09. The smallest absolute Gasteiger partial charge is 0.276 e. The standard InChI is InChI=1S/C21H17ClN2O3/c22-19-9-5-4-8-18(19)21(26)24-23-20(25)14-27-17-12-10-16(11-13-17)15-6-2-1-3-7-15/h1-13H,14H2,(H,23,25)(H,24,26). The van der Waals surface area contributed by atoms with E-state index in [4.69, 9.17) is 16.3 Å². The van der Waals surface area contributed by atoms with E-state index < -0.39 is 11.8 Å². The largest absolute Gasteiger partial charge is 0.484 e. The monoisotopic (exact) mass is 380 g/mol. The normalized spacial score (nSPS) is 10.1. The van der Waals surface area contributed by atoms with Crippen molar-refractivity contribution in [3.8, 4) is 16.9 Å². The molecule has 2 amide bonds. The maximum atomic E-state index is 12.0. The molecule has 5 nitrogen and oxygen atoms in total. The van der Waals surface area contributed by atoms with Gasteiger partial charge in [-0.3, -0.25) is 20.4 Å². The average molecular weight is 381 g/mol. The minimum absolute atomic E-state index is 0.229. The molecule has 3 rings (SSSR count). The SMILES string of the molecule is O=C(COc1ccc(-c2ccccc2)cc1)NNC(=O)c1ccccc1Cl. The number of hydrazine groups is 1. The minimum atomic E-state index is -0.499. The summed E-state index contributed by atoms with van der Waals surface area (Å²) in [6.45, 7) is -0.229. The van der Waals surface area contributed by atoms with Gasteiger partial charge < -0.3 is 4.74 Å². The summed E-state index contributed by atoms with van der Waals surface area (Å²) in [4.78, 5) is 23.8. The molecule has 2 N–H and O–H groups in total. The third-order valence-corrected chi connectivity index (χ3v) is 4.09. The van der Waals surface area contributed by atoms with Crippen LogP contribution < -0.4 is 15.6 Å². The van der Waals surface area contributed by atoms with Crippen LogP contribution in [-0.2, 0) is 4.79 Å². The van der Waals surface area contributed by atoms with Gasteiger partial charge in [-0.25, -0.2) is 0 Å². The van der Waals surface area contributed by atoms with E-state index >= 15 is 0 Å². The molecule has 0 heterocycles. The number of amides is 2. The van der Waals surface area contributed by atoms with E-state index in [2.05, 4.69) is 10.9 Å². The third-order valence-electron chi connectivity index (χ3n) is 3.77. The molecule has 0 aliphatic carbocycles. The molecular formula is C21H17ClN2O3. The number of hydrogen-bond donors (Lipinski definition) is 2. The number of halogens is 1. The molecule has 6 heteroatoms. The van der Waals surface area contributed by atoms with Crippen molar-refractivity contribution in [3.05, 3.63) is 89.4 Å². The van der Waals surface area contributed by atoms with Crippen molar-refractivity contribution in [2.24, 2.45) is 0 Å². The number of carbonyl (C=O) groups is 2. The van der Waals surface area contributed by atoms with Crippen LogP contribution in [0.3, 0.4) is 0 Å². The molecule has 0 atom stereocenters. The van der Waals surface area contributed by atoms with Crippen molar-refractivity contribution in [1.82, 2.24) is 10.9 Å². The zero-order valence-corrected chi connectivity index (χ0v) is 15.1. The molecule has 3 aromatic carbocycles. The number of hydrogen-bond acceptors (Lipinski definition) is 3. The van der Waals surface area contributed by atoms with Crippen molar-refractivity contribution in [1.29, 1.82) is 0 Å². The van der Waals surface area contributed by atoms with Gasteiger partial charge in [0, 0.05) is 0 Å². The van der Waals surface area contributed by atoms with Crippen molar-refractivity contribution < 1.29 is 14.3 Å². The Morgan fingerprint density at radius 3 is 2.11 bits per heavy atom. The molecule has 0 radical (unpaired) electrons. The summed E-state index contributed by atoms with van der Waals surface area (Å²) in [6, 6.07) is 23.9. The van der Waals surface area contributed by atoms with Crippen molar-refractivity contribution in [3.63, 3.8) is 0 Å². The molecule has 3 aromatic rings. The molecule has 0 aliphatic heterocycles. The van der Waals surface area contributed by atoms with Gasteiger partial charge in [0.2, 0.25) is 0 Å². The van der Waals surface area contributed by atoms with Gasteiger partial charge in [-0.05, 0) is 35.4 Å². The van der Waals surface area contributed by atoms with Gasteiger partial charge >= 0.3 is 0 Å². The van der Waals surface area contributed by atoms with Gasteiger partial charge in [0.1, 0.15) is 5.75 Å². The molecule has 0 aliphatic rings. The van der Waals surface area contributed by atoms with Crippen molar-refractivity contribution in [2.75, 3.05) is 6.61 Å². The fourth-order valence-electron chi connectivity index (χ4n) is 2.40. The summed E-state index contributed by atoms with van der Waals surface area (Å²) in [5, 5.41) is 0.305. The number of carbonyl (C=O) groups excluding carboxylic acids is 2. The van der Waals surface area contributed by atoms with E-state index in [1.165, 1.54) is 0 Å². The Morgan fingerprint density at radius 1 is 0.778 bits per heavy atom. The summed E-state index contributed by atoms with van der Waals surface area (Å²) in [6.07, 6.45) is 0. The highest BCUT2D eigenvalue weighted by Crippen LogP contribution is 2.22. The minimum Gasteiger partial charge on any atom is -0.484 e. The Labute approximate surface area is 161 Å². The fraction of sp³-hybridized carbons (Fsp3) is 0.0476. The van der Waals surface area contributed by atoms with Crippen molar-refractivity contribution in [2.45, 2.75) is 0 Å². The van der Waals surface area contributed by atoms with Crippen LogP contribution in [0.2, 0.25) is 5.02 Å². The molecule has 27 heavy (non-hydrogen) atoms. The first-order valence-corrected chi connectivity index (χ1v) is 8.63. The van der Waals surface area contributed by atoms with Crippen LogP contribution >= 0.6 is 11.6 Å². The van der Waals surface area contributed by atoms with Crippen LogP contribution in [0.4, 0.5) is 0 Å². The summed E-state index contributed by atoms with van der Waals surface area (Å²) in [5.74, 6) is -0.425. The second-order valence-corrected chi connectivity index (χ2v) is 6.07. The van der Waals surface area contributed by atoms with Gasteiger partial charge in [-0.15, -0.1) is 0 Å². The van der Waals surface area contributed by atoms with E-state index in [-0.39, 0.29) is 12.2 Å². The first-order chi connectivity index (χ1) is 13.1. The maximum Gasteiger partial charge on any atom is 0.276 e. The van der Waals surface area contributed by atoms with Gasteiger partial charge in [-0.1, -0.05) is 66.2 Å². The number of nitrogens with one attached hydrogen (secondary N) is 2. The molecule has 0 saturated carbocycles. The zero-order chi connectivity index (χ0) is 19.1. The molecule has 0 unspecified atom stereocenters.